The summed E-state index contributed by atoms with van der Waals surface area (Å²) in [4.78, 5) is 26.7. The minimum absolute atomic E-state index is 0.0117. The number of methoxy groups -OCH3 is 1. The van der Waals surface area contributed by atoms with Crippen LogP contribution >= 0.6 is 0 Å². The van der Waals surface area contributed by atoms with Crippen LogP contribution in [0.2, 0.25) is 0 Å². The lowest BCUT2D eigenvalue weighted by Gasteiger charge is -2.28. The summed E-state index contributed by atoms with van der Waals surface area (Å²) in [5.41, 5.74) is 1.10. The van der Waals surface area contributed by atoms with E-state index in [2.05, 4.69) is 26.0 Å². The lowest BCUT2D eigenvalue weighted by Crippen LogP contribution is -2.39. The molecular formula is C21H26N2O3. The molecule has 1 aliphatic rings. The van der Waals surface area contributed by atoms with Gasteiger partial charge in [0.15, 0.2) is 5.75 Å². The van der Waals surface area contributed by atoms with Gasteiger partial charge in [0, 0.05) is 25.2 Å². The molecule has 0 N–H and O–H groups in total. The summed E-state index contributed by atoms with van der Waals surface area (Å²) in [5.74, 6) is 0.158. The Hall–Kier alpha value is -2.56. The van der Waals surface area contributed by atoms with E-state index in [9.17, 15) is 9.59 Å². The van der Waals surface area contributed by atoms with Crippen molar-refractivity contribution >= 4 is 5.91 Å². The van der Waals surface area contributed by atoms with Crippen molar-refractivity contribution < 1.29 is 9.53 Å². The van der Waals surface area contributed by atoms with Crippen molar-refractivity contribution in [2.24, 2.45) is 5.41 Å². The monoisotopic (exact) mass is 354 g/mol. The van der Waals surface area contributed by atoms with Gasteiger partial charge in [0.1, 0.15) is 6.54 Å². The number of nitrogens with zero attached hydrogens (tertiary/aromatic N) is 2. The van der Waals surface area contributed by atoms with Crippen LogP contribution in [0, 0.1) is 5.41 Å². The molecule has 138 valence electrons. The van der Waals surface area contributed by atoms with Gasteiger partial charge >= 0.3 is 0 Å². The number of aromatic nitrogens is 1. The van der Waals surface area contributed by atoms with Crippen LogP contribution in [-0.2, 0) is 16.8 Å². The van der Waals surface area contributed by atoms with Crippen molar-refractivity contribution in [3.63, 3.8) is 0 Å². The lowest BCUT2D eigenvalue weighted by atomic mass is 9.87. The minimum atomic E-state index is -0.290. The summed E-state index contributed by atoms with van der Waals surface area (Å²) in [6.45, 7) is 5.13. The maximum Gasteiger partial charge on any atom is 0.293 e. The van der Waals surface area contributed by atoms with E-state index in [0.29, 0.717) is 6.54 Å². The number of carbonyl (C=O) groups is 1. The first-order valence-electron chi connectivity index (χ1n) is 8.84. The molecule has 0 spiro atoms. The highest BCUT2D eigenvalue weighted by Gasteiger charge is 2.62. The van der Waals surface area contributed by atoms with Gasteiger partial charge in [-0.1, -0.05) is 44.2 Å². The molecule has 26 heavy (non-hydrogen) atoms. The highest BCUT2D eigenvalue weighted by Crippen LogP contribution is 2.64. The quantitative estimate of drug-likeness (QED) is 0.801. The Labute approximate surface area is 154 Å². The summed E-state index contributed by atoms with van der Waals surface area (Å²) in [6, 6.07) is 13.7. The van der Waals surface area contributed by atoms with Crippen molar-refractivity contribution in [3.8, 4) is 5.75 Å². The van der Waals surface area contributed by atoms with E-state index in [1.807, 2.05) is 25.2 Å². The van der Waals surface area contributed by atoms with Gasteiger partial charge in [-0.15, -0.1) is 0 Å². The van der Waals surface area contributed by atoms with Crippen LogP contribution in [0.25, 0.3) is 0 Å². The number of hydrogen-bond acceptors (Lipinski definition) is 3. The third kappa shape index (κ3) is 3.14. The fraction of sp³-hybridized carbons (Fsp3) is 0.429. The number of rotatable bonds is 6. The number of amides is 1. The van der Waals surface area contributed by atoms with E-state index in [1.165, 1.54) is 17.2 Å². The first-order valence-corrected chi connectivity index (χ1v) is 8.84. The predicted molar refractivity (Wildman–Crippen MR) is 101 cm³/mol. The Morgan fingerprint density at radius 3 is 2.42 bits per heavy atom. The third-order valence-corrected chi connectivity index (χ3v) is 5.68. The largest absolute Gasteiger partial charge is 0.491 e. The molecule has 1 heterocycles. The number of pyridine rings is 1. The molecule has 5 nitrogen and oxygen atoms in total. The average Bonchev–Trinajstić information content (AvgIpc) is 3.19. The van der Waals surface area contributed by atoms with E-state index in [0.717, 1.165) is 6.42 Å². The highest BCUT2D eigenvalue weighted by atomic mass is 16.5. The molecule has 0 radical (unpaired) electrons. The maximum absolute atomic E-state index is 12.7. The lowest BCUT2D eigenvalue weighted by molar-refractivity contribution is -0.131. The summed E-state index contributed by atoms with van der Waals surface area (Å²) < 4.78 is 6.44. The Morgan fingerprint density at radius 1 is 1.19 bits per heavy atom. The zero-order chi connectivity index (χ0) is 18.9. The standard InChI is InChI=1S/C21H26N2O3/c1-20(2)14-21(20,16-9-6-5-7-10-16)15-22(3)18(24)13-23-12-8-11-17(26-4)19(23)25/h5-12H,13-15H2,1-4H3/t21-/m1/s1. The van der Waals surface area contributed by atoms with Gasteiger partial charge in [-0.25, -0.2) is 0 Å². The molecule has 0 saturated heterocycles. The second kappa shape index (κ2) is 6.63. The van der Waals surface area contributed by atoms with Gasteiger partial charge in [-0.3, -0.25) is 9.59 Å². The Morgan fingerprint density at radius 2 is 1.85 bits per heavy atom. The van der Waals surface area contributed by atoms with Crippen molar-refractivity contribution in [1.29, 1.82) is 0 Å². The van der Waals surface area contributed by atoms with Crippen LogP contribution in [0.15, 0.2) is 53.5 Å². The molecule has 0 bridgehead atoms. The first-order chi connectivity index (χ1) is 12.3. The normalized spacial score (nSPS) is 20.5. The predicted octanol–water partition coefficient (Wildman–Crippen LogP) is 2.68. The number of ether oxygens (including phenoxy) is 1. The van der Waals surface area contributed by atoms with Crippen molar-refractivity contribution in [2.45, 2.75) is 32.2 Å². The summed E-state index contributed by atoms with van der Waals surface area (Å²) in [7, 11) is 3.26. The van der Waals surface area contributed by atoms with E-state index < -0.39 is 0 Å². The Balaban J connectivity index is 1.76. The number of carbonyl (C=O) groups excluding carboxylic acids is 1. The van der Waals surface area contributed by atoms with Gasteiger partial charge in [0.05, 0.1) is 7.11 Å². The van der Waals surface area contributed by atoms with Gasteiger partial charge in [-0.2, -0.15) is 0 Å². The van der Waals surface area contributed by atoms with Crippen LogP contribution in [0.1, 0.15) is 25.8 Å². The van der Waals surface area contributed by atoms with Crippen LogP contribution in [0.5, 0.6) is 5.75 Å². The molecule has 3 rings (SSSR count). The van der Waals surface area contributed by atoms with E-state index in [4.69, 9.17) is 4.74 Å². The van der Waals surface area contributed by atoms with Crippen LogP contribution in [-0.4, -0.2) is 36.1 Å². The van der Waals surface area contributed by atoms with Gasteiger partial charge in [0.25, 0.3) is 5.56 Å². The zero-order valence-electron chi connectivity index (χ0n) is 15.9. The smallest absolute Gasteiger partial charge is 0.293 e. The summed E-state index contributed by atoms with van der Waals surface area (Å²) >= 11 is 0. The van der Waals surface area contributed by atoms with Gasteiger partial charge in [0.2, 0.25) is 5.91 Å². The molecule has 1 aromatic heterocycles. The molecule has 5 heteroatoms. The minimum Gasteiger partial charge on any atom is -0.491 e. The summed E-state index contributed by atoms with van der Waals surface area (Å²) in [6.07, 6.45) is 2.66. The van der Waals surface area contributed by atoms with Crippen LogP contribution in [0.4, 0.5) is 0 Å². The Bertz CT molecular complexity index is 857. The average molecular weight is 354 g/mol. The second-order valence-electron chi connectivity index (χ2n) is 7.77. The second-order valence-corrected chi connectivity index (χ2v) is 7.77. The van der Waals surface area contributed by atoms with Crippen molar-refractivity contribution in [1.82, 2.24) is 9.47 Å². The number of likely N-dealkylation sites (N-methyl/N-ethyl adjacent to an activating group) is 1. The molecule has 1 aromatic carbocycles. The first kappa shape index (κ1) is 18.2. The fourth-order valence-electron chi connectivity index (χ4n) is 3.88. The number of hydrogen-bond donors (Lipinski definition) is 0. The fourth-order valence-corrected chi connectivity index (χ4v) is 3.88. The third-order valence-electron chi connectivity index (χ3n) is 5.68. The topological polar surface area (TPSA) is 51.5 Å². The van der Waals surface area contributed by atoms with Crippen LogP contribution < -0.4 is 10.3 Å². The highest BCUT2D eigenvalue weighted by molar-refractivity contribution is 5.76. The van der Waals surface area contributed by atoms with E-state index in [1.54, 1.807) is 23.2 Å². The molecule has 1 aliphatic carbocycles. The SMILES string of the molecule is COc1cccn(CC(=O)N(C)C[C@@]2(c3ccccc3)CC2(C)C)c1=O. The van der Waals surface area contributed by atoms with Gasteiger partial charge < -0.3 is 14.2 Å². The van der Waals surface area contributed by atoms with E-state index in [-0.39, 0.29) is 34.6 Å². The molecular weight excluding hydrogens is 328 g/mol. The molecule has 1 saturated carbocycles. The molecule has 1 atom stereocenters. The molecule has 2 aromatic rings. The molecule has 0 aliphatic heterocycles. The van der Waals surface area contributed by atoms with E-state index >= 15 is 0 Å². The molecule has 0 unspecified atom stereocenters. The molecule has 1 amide bonds. The van der Waals surface area contributed by atoms with Crippen molar-refractivity contribution in [3.05, 3.63) is 64.6 Å². The Kier molecular flexibility index (Phi) is 4.65. The summed E-state index contributed by atoms with van der Waals surface area (Å²) in [5, 5.41) is 0. The maximum atomic E-state index is 12.7. The van der Waals surface area contributed by atoms with Crippen molar-refractivity contribution in [2.75, 3.05) is 20.7 Å². The van der Waals surface area contributed by atoms with Gasteiger partial charge in [-0.05, 0) is 29.5 Å². The molecule has 1 fully saturated rings. The van der Waals surface area contributed by atoms with Crippen LogP contribution in [0.3, 0.4) is 0 Å². The zero-order valence-corrected chi connectivity index (χ0v) is 15.9. The number of benzene rings is 1.